The van der Waals surface area contributed by atoms with Crippen LogP contribution < -0.4 is 10.1 Å². The van der Waals surface area contributed by atoms with Crippen LogP contribution in [0, 0.1) is 5.92 Å². The zero-order chi connectivity index (χ0) is 15.1. The first-order chi connectivity index (χ1) is 9.47. The van der Waals surface area contributed by atoms with Gasteiger partial charge < -0.3 is 15.0 Å². The van der Waals surface area contributed by atoms with E-state index in [0.29, 0.717) is 12.3 Å². The minimum Gasteiger partial charge on any atom is -0.479 e. The summed E-state index contributed by atoms with van der Waals surface area (Å²) in [6, 6.07) is 7.58. The summed E-state index contributed by atoms with van der Waals surface area (Å²) < 4.78 is 6.77. The van der Waals surface area contributed by atoms with Gasteiger partial charge in [-0.2, -0.15) is 0 Å². The molecule has 1 amide bonds. The molecule has 0 aliphatic rings. The Morgan fingerprint density at radius 1 is 1.40 bits per heavy atom. The van der Waals surface area contributed by atoms with Crippen molar-refractivity contribution < 1.29 is 9.53 Å². The summed E-state index contributed by atoms with van der Waals surface area (Å²) in [6.07, 6.45) is -0.476. The molecule has 4 nitrogen and oxygen atoms in total. The molecule has 0 aliphatic carbocycles. The molecule has 1 rings (SSSR count). The van der Waals surface area contributed by atoms with Crippen molar-refractivity contribution in [3.05, 3.63) is 28.7 Å². The van der Waals surface area contributed by atoms with Crippen LogP contribution in [-0.4, -0.2) is 44.1 Å². The van der Waals surface area contributed by atoms with E-state index < -0.39 is 6.10 Å². The number of halogens is 1. The highest BCUT2D eigenvalue weighted by Crippen LogP contribution is 2.26. The van der Waals surface area contributed by atoms with Gasteiger partial charge in [0.25, 0.3) is 5.91 Å². The number of nitrogens with one attached hydrogen (secondary N) is 1. The van der Waals surface area contributed by atoms with Gasteiger partial charge >= 0.3 is 0 Å². The highest BCUT2D eigenvalue weighted by atomic mass is 79.9. The zero-order valence-electron chi connectivity index (χ0n) is 12.5. The average Bonchev–Trinajstić information content (AvgIpc) is 2.42. The van der Waals surface area contributed by atoms with Crippen LogP contribution in [-0.2, 0) is 4.79 Å². The van der Waals surface area contributed by atoms with Gasteiger partial charge in [-0.15, -0.1) is 0 Å². The van der Waals surface area contributed by atoms with Crippen molar-refractivity contribution in [2.75, 3.05) is 27.2 Å². The maximum atomic E-state index is 12.5. The molecule has 0 bridgehead atoms. The molecular weight excluding hydrogens is 320 g/mol. The van der Waals surface area contributed by atoms with E-state index in [-0.39, 0.29) is 11.8 Å². The fraction of sp³-hybridized carbons (Fsp3) is 0.533. The van der Waals surface area contributed by atoms with E-state index in [1.165, 1.54) is 0 Å². The van der Waals surface area contributed by atoms with Gasteiger partial charge in [0.05, 0.1) is 4.47 Å². The fourth-order valence-corrected chi connectivity index (χ4v) is 2.13. The first kappa shape index (κ1) is 17.0. The van der Waals surface area contributed by atoms with Crippen molar-refractivity contribution in [2.45, 2.75) is 20.0 Å². The largest absolute Gasteiger partial charge is 0.479 e. The summed E-state index contributed by atoms with van der Waals surface area (Å²) in [7, 11) is 3.67. The highest BCUT2D eigenvalue weighted by Gasteiger charge is 2.27. The first-order valence-electron chi connectivity index (χ1n) is 6.78. The van der Waals surface area contributed by atoms with Crippen LogP contribution in [0.25, 0.3) is 0 Å². The van der Waals surface area contributed by atoms with Gasteiger partial charge in [0.15, 0.2) is 6.10 Å². The molecule has 0 fully saturated rings. The molecular formula is C15H23BrN2O2. The Balaban J connectivity index is 2.79. The molecule has 0 saturated carbocycles. The summed E-state index contributed by atoms with van der Waals surface area (Å²) >= 11 is 3.44. The zero-order valence-corrected chi connectivity index (χ0v) is 14.1. The van der Waals surface area contributed by atoms with Gasteiger partial charge in [-0.25, -0.2) is 0 Å². The number of rotatable bonds is 7. The molecule has 0 saturated heterocycles. The van der Waals surface area contributed by atoms with Crippen molar-refractivity contribution >= 4 is 21.8 Å². The molecule has 1 atom stereocenters. The molecule has 1 aromatic rings. The molecule has 0 radical (unpaired) electrons. The maximum absolute atomic E-state index is 12.5. The van der Waals surface area contributed by atoms with Crippen LogP contribution in [0.1, 0.15) is 13.8 Å². The van der Waals surface area contributed by atoms with Gasteiger partial charge in [-0.3, -0.25) is 4.79 Å². The highest BCUT2D eigenvalue weighted by molar-refractivity contribution is 9.10. The lowest BCUT2D eigenvalue weighted by molar-refractivity contribution is -0.139. The van der Waals surface area contributed by atoms with Crippen LogP contribution in [0.15, 0.2) is 28.7 Å². The summed E-state index contributed by atoms with van der Waals surface area (Å²) in [5, 5.41) is 3.04. The molecule has 5 heteroatoms. The first-order valence-corrected chi connectivity index (χ1v) is 7.57. The van der Waals surface area contributed by atoms with Crippen LogP contribution >= 0.6 is 15.9 Å². The van der Waals surface area contributed by atoms with Crippen LogP contribution in [0.2, 0.25) is 0 Å². The van der Waals surface area contributed by atoms with E-state index in [0.717, 1.165) is 11.0 Å². The van der Waals surface area contributed by atoms with Crippen molar-refractivity contribution in [3.8, 4) is 5.75 Å². The van der Waals surface area contributed by atoms with E-state index in [1.807, 2.05) is 45.2 Å². The minimum absolute atomic E-state index is 0.00556. The SMILES string of the molecule is CNCCN(C)C(=O)C(Oc1ccccc1Br)C(C)C. The molecule has 1 aromatic carbocycles. The third kappa shape index (κ3) is 4.80. The number of hydrogen-bond donors (Lipinski definition) is 1. The predicted octanol–water partition coefficient (Wildman–Crippen LogP) is 2.53. The molecule has 0 spiro atoms. The Bertz CT molecular complexity index is 438. The Kier molecular flexibility index (Phi) is 7.02. The van der Waals surface area contributed by atoms with E-state index in [9.17, 15) is 4.79 Å². The van der Waals surface area contributed by atoms with Crippen LogP contribution in [0.4, 0.5) is 0 Å². The topological polar surface area (TPSA) is 41.6 Å². The smallest absolute Gasteiger partial charge is 0.263 e. The predicted molar refractivity (Wildman–Crippen MR) is 85.0 cm³/mol. The van der Waals surface area contributed by atoms with Crippen molar-refractivity contribution in [1.29, 1.82) is 0 Å². The second-order valence-corrected chi connectivity index (χ2v) is 5.93. The van der Waals surface area contributed by atoms with Crippen molar-refractivity contribution in [3.63, 3.8) is 0 Å². The van der Waals surface area contributed by atoms with Gasteiger partial charge in [0.1, 0.15) is 5.75 Å². The van der Waals surface area contributed by atoms with E-state index in [2.05, 4.69) is 21.2 Å². The van der Waals surface area contributed by atoms with Gasteiger partial charge in [0.2, 0.25) is 0 Å². The minimum atomic E-state index is -0.476. The number of para-hydroxylation sites is 1. The lowest BCUT2D eigenvalue weighted by Crippen LogP contribution is -2.44. The van der Waals surface area contributed by atoms with E-state index >= 15 is 0 Å². The van der Waals surface area contributed by atoms with Gasteiger partial charge in [-0.05, 0) is 41.0 Å². The van der Waals surface area contributed by atoms with Gasteiger partial charge in [0, 0.05) is 20.1 Å². The molecule has 0 heterocycles. The maximum Gasteiger partial charge on any atom is 0.263 e. The standard InChI is InChI=1S/C15H23BrN2O2/c1-11(2)14(15(19)18(4)10-9-17-3)20-13-8-6-5-7-12(13)16/h5-8,11,14,17H,9-10H2,1-4H3. The van der Waals surface area contributed by atoms with E-state index in [4.69, 9.17) is 4.74 Å². The normalized spacial score (nSPS) is 12.3. The summed E-state index contributed by atoms with van der Waals surface area (Å²) in [5.41, 5.74) is 0. The average molecular weight is 343 g/mol. The van der Waals surface area contributed by atoms with E-state index in [1.54, 1.807) is 11.9 Å². The quantitative estimate of drug-likeness (QED) is 0.827. The second kappa shape index (κ2) is 8.27. The Morgan fingerprint density at radius 3 is 2.60 bits per heavy atom. The fourth-order valence-electron chi connectivity index (χ4n) is 1.76. The molecule has 112 valence electrons. The molecule has 0 aliphatic heterocycles. The van der Waals surface area contributed by atoms with Crippen molar-refractivity contribution in [1.82, 2.24) is 10.2 Å². The number of benzene rings is 1. The number of carbonyl (C=O) groups excluding carboxylic acids is 1. The molecule has 20 heavy (non-hydrogen) atoms. The second-order valence-electron chi connectivity index (χ2n) is 5.08. The number of nitrogens with zero attached hydrogens (tertiary/aromatic N) is 1. The van der Waals surface area contributed by atoms with Gasteiger partial charge in [-0.1, -0.05) is 26.0 Å². The Labute approximate surface area is 129 Å². The lowest BCUT2D eigenvalue weighted by atomic mass is 10.1. The number of ether oxygens (including phenoxy) is 1. The Morgan fingerprint density at radius 2 is 2.05 bits per heavy atom. The summed E-state index contributed by atoms with van der Waals surface area (Å²) in [5.74, 6) is 0.805. The molecule has 1 unspecified atom stereocenters. The third-order valence-corrected chi connectivity index (χ3v) is 3.67. The molecule has 0 aromatic heterocycles. The number of likely N-dealkylation sites (N-methyl/N-ethyl adjacent to an activating group) is 2. The molecule has 1 N–H and O–H groups in total. The van der Waals surface area contributed by atoms with Crippen LogP contribution in [0.5, 0.6) is 5.75 Å². The number of hydrogen-bond acceptors (Lipinski definition) is 3. The summed E-state index contributed by atoms with van der Waals surface area (Å²) in [4.78, 5) is 14.2. The van der Waals surface area contributed by atoms with Crippen molar-refractivity contribution in [2.24, 2.45) is 5.92 Å². The number of amides is 1. The number of carbonyl (C=O) groups is 1. The third-order valence-electron chi connectivity index (χ3n) is 3.01. The Hall–Kier alpha value is -1.07. The van der Waals surface area contributed by atoms with Crippen LogP contribution in [0.3, 0.4) is 0 Å². The summed E-state index contributed by atoms with van der Waals surface area (Å²) in [6.45, 7) is 5.41. The monoisotopic (exact) mass is 342 g/mol. The lowest BCUT2D eigenvalue weighted by Gasteiger charge is -2.27.